The van der Waals surface area contributed by atoms with Crippen molar-refractivity contribution in [3.63, 3.8) is 0 Å². The molecule has 15 nitrogen and oxygen atoms in total. The number of carbonyl (C=O) groups is 2. The van der Waals surface area contributed by atoms with Crippen molar-refractivity contribution >= 4 is 33.9 Å². The van der Waals surface area contributed by atoms with Gasteiger partial charge in [-0.3, -0.25) is 9.59 Å². The van der Waals surface area contributed by atoms with Crippen LogP contribution in [0, 0.1) is 0 Å². The van der Waals surface area contributed by atoms with Crippen LogP contribution >= 0.6 is 0 Å². The zero-order valence-electron chi connectivity index (χ0n) is 23.3. The van der Waals surface area contributed by atoms with Crippen molar-refractivity contribution in [3.05, 3.63) is 68.4 Å². The third-order valence-corrected chi connectivity index (χ3v) is 5.80. The second-order valence-electron chi connectivity index (χ2n) is 9.75. The van der Waals surface area contributed by atoms with Crippen molar-refractivity contribution in [1.29, 1.82) is 0 Å². The summed E-state index contributed by atoms with van der Waals surface area (Å²) in [5.41, 5.74) is -1.82. The van der Waals surface area contributed by atoms with Crippen molar-refractivity contribution < 1.29 is 62.9 Å². The number of hydrogen-bond donors (Lipinski definition) is 5. The predicted octanol–water partition coefficient (Wildman–Crippen LogP) is 1.63. The van der Waals surface area contributed by atoms with E-state index in [1.807, 2.05) is 0 Å². The van der Waals surface area contributed by atoms with Gasteiger partial charge in [-0.25, -0.2) is 9.59 Å². The van der Waals surface area contributed by atoms with E-state index in [1.165, 1.54) is 38.1 Å². The molecule has 2 heterocycles. The van der Waals surface area contributed by atoms with Crippen LogP contribution in [0.15, 0.2) is 54.8 Å². The van der Waals surface area contributed by atoms with E-state index in [1.54, 1.807) is 0 Å². The molecule has 0 aliphatic rings. The highest BCUT2D eigenvalue weighted by molar-refractivity contribution is 5.91. The van der Waals surface area contributed by atoms with Gasteiger partial charge in [-0.2, -0.15) is 0 Å². The molecule has 0 aliphatic carbocycles. The summed E-state index contributed by atoms with van der Waals surface area (Å²) >= 11 is 0. The van der Waals surface area contributed by atoms with E-state index in [-0.39, 0.29) is 58.2 Å². The van der Waals surface area contributed by atoms with Crippen molar-refractivity contribution in [1.82, 2.24) is 0 Å². The molecule has 15 heteroatoms. The summed E-state index contributed by atoms with van der Waals surface area (Å²) < 4.78 is 32.9. The Bertz CT molecular complexity index is 1670. The van der Waals surface area contributed by atoms with Gasteiger partial charge in [0.2, 0.25) is 11.5 Å². The lowest BCUT2D eigenvalue weighted by Gasteiger charge is -2.17. The molecule has 4 rings (SSSR count). The summed E-state index contributed by atoms with van der Waals surface area (Å²) in [4.78, 5) is 48.2. The molecule has 0 aliphatic heterocycles. The number of carboxylic acids is 2. The molecule has 0 saturated heterocycles. The van der Waals surface area contributed by atoms with Crippen LogP contribution in [0.2, 0.25) is 0 Å². The first kappa shape index (κ1) is 31.8. The molecule has 2 unspecified atom stereocenters. The Morgan fingerprint density at radius 2 is 1.02 bits per heavy atom. The summed E-state index contributed by atoms with van der Waals surface area (Å²) in [6, 6.07) is 6.67. The van der Waals surface area contributed by atoms with Crippen molar-refractivity contribution in [2.45, 2.75) is 32.2 Å². The van der Waals surface area contributed by atoms with Crippen LogP contribution in [0.3, 0.4) is 0 Å². The van der Waals surface area contributed by atoms with Gasteiger partial charge in [0.1, 0.15) is 77.5 Å². The lowest BCUT2D eigenvalue weighted by atomic mass is 10.2. The second kappa shape index (κ2) is 13.5. The summed E-state index contributed by atoms with van der Waals surface area (Å²) in [7, 11) is 0. The highest BCUT2D eigenvalue weighted by atomic mass is 16.5. The van der Waals surface area contributed by atoms with Crippen LogP contribution in [-0.4, -0.2) is 82.2 Å². The summed E-state index contributed by atoms with van der Waals surface area (Å²) in [5.74, 6) is -4.27. The predicted molar refractivity (Wildman–Crippen MR) is 150 cm³/mol. The van der Waals surface area contributed by atoms with Gasteiger partial charge in [-0.1, -0.05) is 0 Å². The molecule has 0 fully saturated rings. The minimum absolute atomic E-state index is 0.0813. The van der Waals surface area contributed by atoms with Gasteiger partial charge in [0.15, 0.2) is 10.9 Å². The highest BCUT2D eigenvalue weighted by Gasteiger charge is 2.20. The molecular formula is C29H28O15. The van der Waals surface area contributed by atoms with Gasteiger partial charge in [0.05, 0.1) is 12.2 Å². The lowest BCUT2D eigenvalue weighted by Crippen LogP contribution is -2.26. The zero-order chi connectivity index (χ0) is 32.1. The van der Waals surface area contributed by atoms with E-state index in [4.69, 9.17) is 27.8 Å². The average Bonchev–Trinajstić information content (AvgIpc) is 2.95. The van der Waals surface area contributed by atoms with Crippen LogP contribution in [0.1, 0.15) is 35.0 Å². The molecule has 2 aromatic carbocycles. The van der Waals surface area contributed by atoms with Gasteiger partial charge in [0, 0.05) is 36.4 Å². The van der Waals surface area contributed by atoms with E-state index < -0.39 is 65.8 Å². The lowest BCUT2D eigenvalue weighted by molar-refractivity contribution is 0.0632. The molecule has 2 atom stereocenters. The number of ether oxygens (including phenoxy) is 4. The maximum Gasteiger partial charge on any atom is 0.371 e. The second-order valence-corrected chi connectivity index (χ2v) is 9.75. The first-order chi connectivity index (χ1) is 20.8. The van der Waals surface area contributed by atoms with Gasteiger partial charge in [-0.15, -0.1) is 0 Å². The largest absolute Gasteiger partial charge is 0.491 e. The third-order valence-electron chi connectivity index (χ3n) is 5.80. The van der Waals surface area contributed by atoms with E-state index in [2.05, 4.69) is 0 Å². The minimum atomic E-state index is -1.48. The fraction of sp³-hybridized carbons (Fsp3) is 0.310. The average molecular weight is 617 g/mol. The smallest absolute Gasteiger partial charge is 0.371 e. The fourth-order valence-electron chi connectivity index (χ4n) is 3.92. The third kappa shape index (κ3) is 7.63. The fourth-order valence-corrected chi connectivity index (χ4v) is 3.92. The summed E-state index contributed by atoms with van der Waals surface area (Å²) in [6.45, 7) is 1.74. The molecule has 0 saturated carbocycles. The van der Waals surface area contributed by atoms with E-state index in [9.17, 15) is 44.7 Å². The Kier molecular flexibility index (Phi) is 9.73. The van der Waals surface area contributed by atoms with Crippen LogP contribution in [0.25, 0.3) is 21.9 Å². The van der Waals surface area contributed by atoms with Crippen LogP contribution in [0.5, 0.6) is 23.0 Å². The van der Waals surface area contributed by atoms with Gasteiger partial charge >= 0.3 is 11.9 Å². The molecule has 4 aromatic rings. The standard InChI is InChI=1S/C29H28O15/c1-13(30)9-39-16-3-20(26-18(33)7-24(28(35)36)43-22(26)5-16)41-11-15(32)12-42-21-4-17(40-10-14(2)31)6-23-27(21)19(34)8-25(44-23)29(37)38/h3-8,13-15,30-32H,9-12H2,1-2H3,(H,35,36)(H,37,38). The van der Waals surface area contributed by atoms with Crippen LogP contribution < -0.4 is 29.8 Å². The van der Waals surface area contributed by atoms with Crippen molar-refractivity contribution in [3.8, 4) is 23.0 Å². The van der Waals surface area contributed by atoms with Gasteiger partial charge in [0.25, 0.3) is 0 Å². The number of aliphatic hydroxyl groups is 3. The summed E-state index contributed by atoms with van der Waals surface area (Å²) in [5, 5.41) is 48.0. The molecule has 0 bridgehead atoms. The Hall–Kier alpha value is -5.12. The maximum absolute atomic E-state index is 12.7. The first-order valence-corrected chi connectivity index (χ1v) is 13.1. The number of aliphatic hydroxyl groups excluding tert-OH is 3. The molecule has 0 spiro atoms. The monoisotopic (exact) mass is 616 g/mol. The van der Waals surface area contributed by atoms with Crippen LogP contribution in [0.4, 0.5) is 0 Å². The Morgan fingerprint density at radius 1 is 0.636 bits per heavy atom. The molecule has 0 amide bonds. The van der Waals surface area contributed by atoms with E-state index >= 15 is 0 Å². The Labute approximate surface area is 247 Å². The topological polar surface area (TPSA) is 233 Å². The van der Waals surface area contributed by atoms with Crippen LogP contribution in [-0.2, 0) is 0 Å². The molecular weight excluding hydrogens is 588 g/mol. The normalized spacial score (nSPS) is 13.3. The maximum atomic E-state index is 12.7. The minimum Gasteiger partial charge on any atom is -0.491 e. The molecule has 234 valence electrons. The van der Waals surface area contributed by atoms with E-state index in [0.29, 0.717) is 0 Å². The van der Waals surface area contributed by atoms with Crippen molar-refractivity contribution in [2.24, 2.45) is 0 Å². The number of fused-ring (bicyclic) bond motifs is 2. The van der Waals surface area contributed by atoms with Gasteiger partial charge < -0.3 is 53.3 Å². The zero-order valence-corrected chi connectivity index (χ0v) is 23.3. The number of rotatable bonds is 14. The Balaban J connectivity index is 1.59. The molecule has 44 heavy (non-hydrogen) atoms. The van der Waals surface area contributed by atoms with Gasteiger partial charge in [-0.05, 0) is 13.8 Å². The SMILES string of the molecule is CC(O)COc1cc(OCC(O)COc2cc(OCC(C)O)cc3oc(C(=O)O)cc(=O)c23)c2c(=O)cc(C(=O)O)oc2c1. The quantitative estimate of drug-likeness (QED) is 0.135. The first-order valence-electron chi connectivity index (χ1n) is 13.1. The number of carboxylic acid groups (broad SMARTS) is 2. The number of hydrogen-bond acceptors (Lipinski definition) is 13. The molecule has 2 aromatic heterocycles. The van der Waals surface area contributed by atoms with E-state index in [0.717, 1.165) is 12.1 Å². The Morgan fingerprint density at radius 3 is 1.36 bits per heavy atom. The number of benzene rings is 2. The number of aromatic carboxylic acids is 2. The summed E-state index contributed by atoms with van der Waals surface area (Å²) in [6.07, 6.45) is -3.08. The molecule has 5 N–H and O–H groups in total. The highest BCUT2D eigenvalue weighted by Crippen LogP contribution is 2.32. The molecule has 0 radical (unpaired) electrons. The van der Waals surface area contributed by atoms with Crippen molar-refractivity contribution in [2.75, 3.05) is 26.4 Å².